The molecule has 1 N–H and O–H groups in total. The van der Waals surface area contributed by atoms with Gasteiger partial charge in [0.05, 0.1) is 16.1 Å². The number of aromatic nitrogens is 1. The lowest BCUT2D eigenvalue weighted by Crippen LogP contribution is -2.42. The molecule has 6 heteroatoms. The lowest BCUT2D eigenvalue weighted by molar-refractivity contribution is 0.137. The summed E-state index contributed by atoms with van der Waals surface area (Å²) in [6.45, 7) is 10.9. The zero-order chi connectivity index (χ0) is 18.5. The van der Waals surface area contributed by atoms with Crippen LogP contribution in [-0.2, 0) is 4.43 Å². The summed E-state index contributed by atoms with van der Waals surface area (Å²) in [5.74, 6) is 0. The van der Waals surface area contributed by atoms with Gasteiger partial charge in [0.15, 0.2) is 8.32 Å². The minimum Gasteiger partial charge on any atom is -0.409 e. The van der Waals surface area contributed by atoms with E-state index in [-0.39, 0.29) is 6.10 Å². The van der Waals surface area contributed by atoms with Gasteiger partial charge in [-0.3, -0.25) is 4.98 Å². The molecule has 2 rings (SSSR count). The van der Waals surface area contributed by atoms with Crippen LogP contribution < -0.4 is 5.32 Å². The van der Waals surface area contributed by atoms with E-state index in [4.69, 9.17) is 27.6 Å². The van der Waals surface area contributed by atoms with Gasteiger partial charge in [-0.1, -0.05) is 57.3 Å². The van der Waals surface area contributed by atoms with Crippen LogP contribution in [0, 0.1) is 5.41 Å². The maximum absolute atomic E-state index is 6.78. The monoisotopic (exact) mass is 402 g/mol. The summed E-state index contributed by atoms with van der Waals surface area (Å²) < 4.78 is 6.78. The Morgan fingerprint density at radius 3 is 2.16 bits per heavy atom. The Kier molecular flexibility index (Phi) is 7.78. The third-order valence-electron chi connectivity index (χ3n) is 5.98. The molecule has 3 nitrogen and oxygen atoms in total. The second kappa shape index (κ2) is 9.18. The fourth-order valence-electron chi connectivity index (χ4n) is 3.70. The summed E-state index contributed by atoms with van der Waals surface area (Å²) in [6.07, 6.45) is 7.18. The van der Waals surface area contributed by atoms with Gasteiger partial charge in [0, 0.05) is 31.0 Å². The molecular formula is C19H32Cl2N2OSi. The van der Waals surface area contributed by atoms with Crippen molar-refractivity contribution in [2.24, 2.45) is 5.41 Å². The van der Waals surface area contributed by atoms with Crippen LogP contribution in [0.15, 0.2) is 12.4 Å². The van der Waals surface area contributed by atoms with Gasteiger partial charge in [-0.15, -0.1) is 0 Å². The van der Waals surface area contributed by atoms with E-state index in [2.05, 4.69) is 38.0 Å². The van der Waals surface area contributed by atoms with Crippen LogP contribution >= 0.6 is 23.2 Å². The molecule has 1 aliphatic rings. The van der Waals surface area contributed by atoms with Crippen LogP contribution in [0.4, 0.5) is 0 Å². The molecule has 1 saturated carbocycles. The molecule has 0 amide bonds. The zero-order valence-electron chi connectivity index (χ0n) is 16.0. The average Bonchev–Trinajstić information content (AvgIpc) is 2.57. The smallest absolute Gasteiger partial charge is 0.192 e. The van der Waals surface area contributed by atoms with Gasteiger partial charge < -0.3 is 9.74 Å². The first-order valence-corrected chi connectivity index (χ1v) is 12.8. The topological polar surface area (TPSA) is 34.1 Å². The maximum atomic E-state index is 6.78. The SMILES string of the molecule is CC[Si](CC)(CC)OC(CNCC1(C)CCC1)c1c(Cl)cncc1Cl. The van der Waals surface area contributed by atoms with Crippen molar-refractivity contribution in [3.05, 3.63) is 28.0 Å². The van der Waals surface area contributed by atoms with Crippen molar-refractivity contribution in [1.82, 2.24) is 10.3 Å². The van der Waals surface area contributed by atoms with Crippen molar-refractivity contribution < 1.29 is 4.43 Å². The van der Waals surface area contributed by atoms with Crippen molar-refractivity contribution in [3.63, 3.8) is 0 Å². The van der Waals surface area contributed by atoms with E-state index in [1.54, 1.807) is 12.4 Å². The Labute approximate surface area is 164 Å². The first-order valence-electron chi connectivity index (χ1n) is 9.56. The van der Waals surface area contributed by atoms with Crippen LogP contribution in [0.5, 0.6) is 0 Å². The second-order valence-corrected chi connectivity index (χ2v) is 13.2. The molecule has 1 aliphatic carbocycles. The highest BCUT2D eigenvalue weighted by Gasteiger charge is 2.35. The van der Waals surface area contributed by atoms with Gasteiger partial charge in [0.1, 0.15) is 0 Å². The molecule has 1 fully saturated rings. The van der Waals surface area contributed by atoms with Crippen LogP contribution in [0.3, 0.4) is 0 Å². The molecule has 1 atom stereocenters. The maximum Gasteiger partial charge on any atom is 0.192 e. The van der Waals surface area contributed by atoms with E-state index in [9.17, 15) is 0 Å². The Morgan fingerprint density at radius 1 is 1.16 bits per heavy atom. The van der Waals surface area contributed by atoms with Gasteiger partial charge >= 0.3 is 0 Å². The fourth-order valence-corrected chi connectivity index (χ4v) is 7.11. The number of hydrogen-bond donors (Lipinski definition) is 1. The third kappa shape index (κ3) is 5.20. The number of pyridine rings is 1. The molecule has 142 valence electrons. The van der Waals surface area contributed by atoms with Gasteiger partial charge in [-0.25, -0.2) is 0 Å². The van der Waals surface area contributed by atoms with Crippen LogP contribution in [-0.4, -0.2) is 26.4 Å². The molecule has 1 unspecified atom stereocenters. The molecule has 0 aromatic carbocycles. The van der Waals surface area contributed by atoms with Crippen molar-refractivity contribution in [2.75, 3.05) is 13.1 Å². The van der Waals surface area contributed by atoms with Crippen molar-refractivity contribution in [1.29, 1.82) is 0 Å². The Balaban J connectivity index is 2.18. The zero-order valence-corrected chi connectivity index (χ0v) is 18.5. The summed E-state index contributed by atoms with van der Waals surface area (Å²) in [6, 6.07) is 3.32. The molecule has 0 bridgehead atoms. The van der Waals surface area contributed by atoms with Crippen LogP contribution in [0.25, 0.3) is 0 Å². The van der Waals surface area contributed by atoms with E-state index in [1.807, 2.05) is 0 Å². The molecule has 25 heavy (non-hydrogen) atoms. The minimum atomic E-state index is -1.78. The fraction of sp³-hybridized carbons (Fsp3) is 0.737. The summed E-state index contributed by atoms with van der Waals surface area (Å²) >= 11 is 12.9. The van der Waals surface area contributed by atoms with Gasteiger partial charge in [0.25, 0.3) is 0 Å². The highest BCUT2D eigenvalue weighted by Crippen LogP contribution is 2.40. The summed E-state index contributed by atoms with van der Waals surface area (Å²) in [5.41, 5.74) is 1.32. The molecule has 1 aromatic rings. The van der Waals surface area contributed by atoms with Crippen molar-refractivity contribution in [2.45, 2.75) is 71.2 Å². The minimum absolute atomic E-state index is 0.113. The summed E-state index contributed by atoms with van der Waals surface area (Å²) in [4.78, 5) is 4.10. The van der Waals surface area contributed by atoms with Crippen LogP contribution in [0.1, 0.15) is 58.6 Å². The van der Waals surface area contributed by atoms with E-state index < -0.39 is 8.32 Å². The van der Waals surface area contributed by atoms with Gasteiger partial charge in [0.2, 0.25) is 0 Å². The Bertz CT molecular complexity index is 534. The number of hydrogen-bond acceptors (Lipinski definition) is 3. The van der Waals surface area contributed by atoms with Crippen molar-refractivity contribution in [3.8, 4) is 0 Å². The van der Waals surface area contributed by atoms with Gasteiger partial charge in [-0.05, 0) is 36.4 Å². The molecule has 0 aliphatic heterocycles. The highest BCUT2D eigenvalue weighted by molar-refractivity contribution is 6.73. The molecular weight excluding hydrogens is 371 g/mol. The average molecular weight is 403 g/mol. The number of rotatable bonds is 10. The number of halogens is 2. The second-order valence-electron chi connectivity index (χ2n) is 7.66. The normalized spacial score (nSPS) is 18.0. The third-order valence-corrected chi connectivity index (χ3v) is 11.2. The summed E-state index contributed by atoms with van der Waals surface area (Å²) in [7, 11) is -1.78. The molecule has 0 radical (unpaired) electrons. The first-order chi connectivity index (χ1) is 11.9. The molecule has 0 spiro atoms. The van der Waals surface area contributed by atoms with E-state index in [1.165, 1.54) is 19.3 Å². The highest BCUT2D eigenvalue weighted by atomic mass is 35.5. The predicted molar refractivity (Wildman–Crippen MR) is 110 cm³/mol. The first kappa shape index (κ1) is 21.2. The Hall–Kier alpha value is -0.133. The van der Waals surface area contributed by atoms with Crippen molar-refractivity contribution >= 4 is 31.5 Å². The molecule has 1 aromatic heterocycles. The van der Waals surface area contributed by atoms with Crippen LogP contribution in [0.2, 0.25) is 28.2 Å². The van der Waals surface area contributed by atoms with Gasteiger partial charge in [-0.2, -0.15) is 0 Å². The van der Waals surface area contributed by atoms with E-state index in [0.29, 0.717) is 15.5 Å². The number of nitrogens with zero attached hydrogens (tertiary/aromatic N) is 1. The van der Waals surface area contributed by atoms with E-state index >= 15 is 0 Å². The number of nitrogens with one attached hydrogen (secondary N) is 1. The largest absolute Gasteiger partial charge is 0.409 e. The lowest BCUT2D eigenvalue weighted by atomic mass is 9.70. The summed E-state index contributed by atoms with van der Waals surface area (Å²) in [5, 5.41) is 4.83. The molecule has 0 saturated heterocycles. The Morgan fingerprint density at radius 2 is 1.72 bits per heavy atom. The molecule has 1 heterocycles. The quantitative estimate of drug-likeness (QED) is 0.470. The standard InChI is InChI=1S/C19H32Cl2N2OSi/c1-5-25(6-2,7-3)24-17(13-23-14-19(4)9-8-10-19)18-15(20)11-22-12-16(18)21/h11-12,17,23H,5-10,13-14H2,1-4H3. The van der Waals surface area contributed by atoms with E-state index in [0.717, 1.165) is 36.8 Å². The predicted octanol–water partition coefficient (Wildman–Crippen LogP) is 6.23. The lowest BCUT2D eigenvalue weighted by Gasteiger charge is -2.39.